The van der Waals surface area contributed by atoms with E-state index >= 15 is 0 Å². The topological polar surface area (TPSA) is 67.4 Å². The predicted molar refractivity (Wildman–Crippen MR) is 107 cm³/mol. The standard InChI is InChI=1S/C20H23BrN2O3/c1-4-22-20(25)14-5-8-16(9-6-14)23-19(24)12-26-18-10-7-15(21)11-17(18)13(2)3/h5-11,13H,4,12H2,1-3H3,(H,22,25)(H,23,24). The number of anilines is 1. The minimum Gasteiger partial charge on any atom is -0.483 e. The molecule has 0 atom stereocenters. The second-order valence-electron chi connectivity index (χ2n) is 6.11. The fourth-order valence-electron chi connectivity index (χ4n) is 2.41. The monoisotopic (exact) mass is 418 g/mol. The summed E-state index contributed by atoms with van der Waals surface area (Å²) in [6.45, 7) is 6.50. The Kier molecular flexibility index (Phi) is 7.21. The maximum Gasteiger partial charge on any atom is 0.262 e. The van der Waals surface area contributed by atoms with Gasteiger partial charge in [0.1, 0.15) is 5.75 Å². The van der Waals surface area contributed by atoms with E-state index in [-0.39, 0.29) is 24.3 Å². The molecule has 5 nitrogen and oxygen atoms in total. The third-order valence-electron chi connectivity index (χ3n) is 3.72. The molecule has 2 aromatic rings. The van der Waals surface area contributed by atoms with E-state index in [1.54, 1.807) is 24.3 Å². The van der Waals surface area contributed by atoms with Crippen LogP contribution in [-0.2, 0) is 4.79 Å². The van der Waals surface area contributed by atoms with Gasteiger partial charge in [-0.05, 0) is 60.9 Å². The van der Waals surface area contributed by atoms with Gasteiger partial charge in [-0.2, -0.15) is 0 Å². The van der Waals surface area contributed by atoms with Crippen molar-refractivity contribution in [2.45, 2.75) is 26.7 Å². The molecule has 0 aromatic heterocycles. The van der Waals surface area contributed by atoms with Crippen molar-refractivity contribution in [1.29, 1.82) is 0 Å². The van der Waals surface area contributed by atoms with Crippen LogP contribution in [0.25, 0.3) is 0 Å². The maximum atomic E-state index is 12.1. The molecule has 6 heteroatoms. The van der Waals surface area contributed by atoms with Crippen molar-refractivity contribution in [3.63, 3.8) is 0 Å². The van der Waals surface area contributed by atoms with Crippen LogP contribution in [0.3, 0.4) is 0 Å². The molecule has 26 heavy (non-hydrogen) atoms. The molecule has 0 radical (unpaired) electrons. The first-order valence-corrected chi connectivity index (χ1v) is 9.30. The highest BCUT2D eigenvalue weighted by atomic mass is 79.9. The summed E-state index contributed by atoms with van der Waals surface area (Å²) in [6, 6.07) is 12.5. The number of rotatable bonds is 7. The van der Waals surface area contributed by atoms with E-state index in [2.05, 4.69) is 40.4 Å². The molecule has 0 bridgehead atoms. The Morgan fingerprint density at radius 1 is 1.12 bits per heavy atom. The van der Waals surface area contributed by atoms with Crippen molar-refractivity contribution in [3.8, 4) is 5.75 Å². The van der Waals surface area contributed by atoms with Crippen LogP contribution in [0.5, 0.6) is 5.75 Å². The lowest BCUT2D eigenvalue weighted by Gasteiger charge is -2.14. The van der Waals surface area contributed by atoms with Crippen LogP contribution in [0.1, 0.15) is 42.6 Å². The Hall–Kier alpha value is -2.34. The molecule has 0 spiro atoms. The van der Waals surface area contributed by atoms with Gasteiger partial charge in [0.25, 0.3) is 11.8 Å². The smallest absolute Gasteiger partial charge is 0.262 e. The third-order valence-corrected chi connectivity index (χ3v) is 4.21. The molecule has 0 unspecified atom stereocenters. The molecule has 0 aliphatic rings. The lowest BCUT2D eigenvalue weighted by molar-refractivity contribution is -0.118. The zero-order valence-electron chi connectivity index (χ0n) is 15.1. The zero-order valence-corrected chi connectivity index (χ0v) is 16.7. The molecule has 0 aliphatic carbocycles. The van der Waals surface area contributed by atoms with Gasteiger partial charge in [0.2, 0.25) is 0 Å². The number of benzene rings is 2. The third kappa shape index (κ3) is 5.59. The lowest BCUT2D eigenvalue weighted by Crippen LogP contribution is -2.23. The Morgan fingerprint density at radius 2 is 1.81 bits per heavy atom. The number of amides is 2. The van der Waals surface area contributed by atoms with Crippen molar-refractivity contribution in [2.75, 3.05) is 18.5 Å². The number of carbonyl (C=O) groups excluding carboxylic acids is 2. The first-order valence-electron chi connectivity index (χ1n) is 8.51. The summed E-state index contributed by atoms with van der Waals surface area (Å²) in [5.41, 5.74) is 2.21. The van der Waals surface area contributed by atoms with Crippen LogP contribution >= 0.6 is 15.9 Å². The van der Waals surface area contributed by atoms with Crippen LogP contribution in [-0.4, -0.2) is 25.0 Å². The fraction of sp³-hybridized carbons (Fsp3) is 0.300. The SMILES string of the molecule is CCNC(=O)c1ccc(NC(=O)COc2ccc(Br)cc2C(C)C)cc1. The summed E-state index contributed by atoms with van der Waals surface area (Å²) >= 11 is 3.45. The van der Waals surface area contributed by atoms with Crippen LogP contribution in [0.15, 0.2) is 46.9 Å². The van der Waals surface area contributed by atoms with Crippen molar-refractivity contribution < 1.29 is 14.3 Å². The van der Waals surface area contributed by atoms with Gasteiger partial charge in [-0.15, -0.1) is 0 Å². The van der Waals surface area contributed by atoms with E-state index in [0.717, 1.165) is 10.0 Å². The Balaban J connectivity index is 1.94. The molecule has 2 amide bonds. The fourth-order valence-corrected chi connectivity index (χ4v) is 2.79. The van der Waals surface area contributed by atoms with Crippen molar-refractivity contribution >= 4 is 33.4 Å². The molecule has 2 aromatic carbocycles. The number of nitrogens with one attached hydrogen (secondary N) is 2. The van der Waals surface area contributed by atoms with Gasteiger partial charge >= 0.3 is 0 Å². The van der Waals surface area contributed by atoms with Gasteiger partial charge in [-0.25, -0.2) is 0 Å². The summed E-state index contributed by atoms with van der Waals surface area (Å²) in [5.74, 6) is 0.593. The number of hydrogen-bond acceptors (Lipinski definition) is 3. The van der Waals surface area contributed by atoms with E-state index in [0.29, 0.717) is 23.5 Å². The minimum atomic E-state index is -0.256. The molecule has 0 fully saturated rings. The van der Waals surface area contributed by atoms with Crippen LogP contribution in [0, 0.1) is 0 Å². The Bertz CT molecular complexity index is 773. The highest BCUT2D eigenvalue weighted by Gasteiger charge is 2.11. The molecular weight excluding hydrogens is 396 g/mol. The average molecular weight is 419 g/mol. The van der Waals surface area contributed by atoms with E-state index in [1.165, 1.54) is 0 Å². The summed E-state index contributed by atoms with van der Waals surface area (Å²) < 4.78 is 6.66. The van der Waals surface area contributed by atoms with E-state index < -0.39 is 0 Å². The van der Waals surface area contributed by atoms with Crippen LogP contribution in [0.2, 0.25) is 0 Å². The van der Waals surface area contributed by atoms with E-state index in [4.69, 9.17) is 4.74 Å². The highest BCUT2D eigenvalue weighted by Crippen LogP contribution is 2.29. The van der Waals surface area contributed by atoms with E-state index in [1.807, 2.05) is 25.1 Å². The second-order valence-corrected chi connectivity index (χ2v) is 7.03. The number of hydrogen-bond donors (Lipinski definition) is 2. The van der Waals surface area contributed by atoms with Gasteiger partial charge in [0.15, 0.2) is 6.61 Å². The summed E-state index contributed by atoms with van der Waals surface area (Å²) in [5, 5.41) is 5.49. The lowest BCUT2D eigenvalue weighted by atomic mass is 10.0. The first kappa shape index (κ1) is 20.0. The van der Waals surface area contributed by atoms with Gasteiger partial charge in [-0.3, -0.25) is 9.59 Å². The second kappa shape index (κ2) is 9.38. The molecular formula is C20H23BrN2O3. The number of halogens is 1. The van der Waals surface area contributed by atoms with Crippen LogP contribution in [0.4, 0.5) is 5.69 Å². The molecule has 2 rings (SSSR count). The molecule has 2 N–H and O–H groups in total. The van der Waals surface area contributed by atoms with Crippen molar-refractivity contribution in [3.05, 3.63) is 58.1 Å². The molecule has 0 aliphatic heterocycles. The molecule has 138 valence electrons. The van der Waals surface area contributed by atoms with Crippen molar-refractivity contribution in [2.24, 2.45) is 0 Å². The molecule has 0 saturated carbocycles. The molecule has 0 heterocycles. The number of carbonyl (C=O) groups is 2. The number of ether oxygens (including phenoxy) is 1. The minimum absolute atomic E-state index is 0.0839. The highest BCUT2D eigenvalue weighted by molar-refractivity contribution is 9.10. The largest absolute Gasteiger partial charge is 0.483 e. The van der Waals surface area contributed by atoms with Gasteiger partial charge in [-0.1, -0.05) is 29.8 Å². The predicted octanol–water partition coefficient (Wildman–Crippen LogP) is 4.34. The van der Waals surface area contributed by atoms with Gasteiger partial charge in [0.05, 0.1) is 0 Å². The summed E-state index contributed by atoms with van der Waals surface area (Å²) in [7, 11) is 0. The van der Waals surface area contributed by atoms with Crippen LogP contribution < -0.4 is 15.4 Å². The van der Waals surface area contributed by atoms with E-state index in [9.17, 15) is 9.59 Å². The summed E-state index contributed by atoms with van der Waals surface area (Å²) in [6.07, 6.45) is 0. The van der Waals surface area contributed by atoms with Gasteiger partial charge < -0.3 is 15.4 Å². The normalized spacial score (nSPS) is 10.5. The Labute approximate surface area is 162 Å². The van der Waals surface area contributed by atoms with Gasteiger partial charge in [0, 0.05) is 22.3 Å². The first-order chi connectivity index (χ1) is 12.4. The summed E-state index contributed by atoms with van der Waals surface area (Å²) in [4.78, 5) is 23.9. The Morgan fingerprint density at radius 3 is 2.42 bits per heavy atom. The quantitative estimate of drug-likeness (QED) is 0.702. The average Bonchev–Trinajstić information content (AvgIpc) is 2.61. The van der Waals surface area contributed by atoms with Crippen molar-refractivity contribution in [1.82, 2.24) is 5.32 Å². The zero-order chi connectivity index (χ0) is 19.1. The maximum absolute atomic E-state index is 12.1. The molecule has 0 saturated heterocycles.